The van der Waals surface area contributed by atoms with E-state index in [2.05, 4.69) is 22.2 Å². The van der Waals surface area contributed by atoms with Gasteiger partial charge in [0, 0.05) is 45.0 Å². The minimum atomic E-state index is -3.20. The van der Waals surface area contributed by atoms with Crippen LogP contribution < -0.4 is 5.32 Å². The Morgan fingerprint density at radius 2 is 1.73 bits per heavy atom. The second kappa shape index (κ2) is 10.7. The highest BCUT2D eigenvalue weighted by Crippen LogP contribution is 2.34. The Kier molecular flexibility index (Phi) is 7.67. The van der Waals surface area contributed by atoms with Gasteiger partial charge in [0.2, 0.25) is 11.8 Å². The van der Waals surface area contributed by atoms with E-state index < -0.39 is 15.4 Å². The monoisotopic (exact) mass is 530 g/mol. The molecule has 3 heterocycles. The summed E-state index contributed by atoms with van der Waals surface area (Å²) in [6.07, 6.45) is 10.4. The third-order valence-corrected chi connectivity index (χ3v) is 10.4. The molecule has 3 aliphatic heterocycles. The van der Waals surface area contributed by atoms with Gasteiger partial charge < -0.3 is 15.1 Å². The van der Waals surface area contributed by atoms with Crippen molar-refractivity contribution in [2.45, 2.75) is 86.9 Å². The lowest BCUT2D eigenvalue weighted by Crippen LogP contribution is -2.56. The highest BCUT2D eigenvalue weighted by atomic mass is 32.2. The van der Waals surface area contributed by atoms with Gasteiger partial charge >= 0.3 is 0 Å². The average molecular weight is 531 g/mol. The number of piperidine rings is 1. The molecule has 0 aromatic heterocycles. The molecule has 0 radical (unpaired) electrons. The SMILES string of the molecule is CN(CC1CCCCC1)[C@H]1C[C@H]2C(=O)NC3(CCN(Cc4ccc(S(C)(=O)=O)cc4)CC3)CC(=O)N2C1. The molecule has 3 saturated heterocycles. The third kappa shape index (κ3) is 6.04. The number of hydrogen-bond acceptors (Lipinski definition) is 6. The number of likely N-dealkylation sites (N-methyl/N-ethyl adjacent to an activating group) is 1. The predicted molar refractivity (Wildman–Crippen MR) is 143 cm³/mol. The van der Waals surface area contributed by atoms with Gasteiger partial charge in [0.05, 0.1) is 16.9 Å². The number of amides is 2. The molecule has 204 valence electrons. The lowest BCUT2D eigenvalue weighted by atomic mass is 9.84. The van der Waals surface area contributed by atoms with Crippen LogP contribution in [0.4, 0.5) is 0 Å². The van der Waals surface area contributed by atoms with E-state index in [4.69, 9.17) is 0 Å². The molecular weight excluding hydrogens is 488 g/mol. The molecule has 1 saturated carbocycles. The smallest absolute Gasteiger partial charge is 0.243 e. The molecule has 0 unspecified atom stereocenters. The summed E-state index contributed by atoms with van der Waals surface area (Å²) in [5, 5.41) is 3.33. The number of carbonyl (C=O) groups is 2. The summed E-state index contributed by atoms with van der Waals surface area (Å²) in [5.41, 5.74) is 0.604. The van der Waals surface area contributed by atoms with Crippen molar-refractivity contribution in [3.8, 4) is 0 Å². The van der Waals surface area contributed by atoms with Crippen molar-refractivity contribution in [1.82, 2.24) is 20.0 Å². The zero-order valence-corrected chi connectivity index (χ0v) is 23.1. The number of hydrogen-bond donors (Lipinski definition) is 1. The molecule has 1 aliphatic carbocycles. The highest BCUT2D eigenvalue weighted by molar-refractivity contribution is 7.90. The number of nitrogens with one attached hydrogen (secondary N) is 1. The number of sulfone groups is 1. The van der Waals surface area contributed by atoms with Crippen molar-refractivity contribution in [2.24, 2.45) is 5.92 Å². The molecule has 1 aromatic rings. The molecule has 8 nitrogen and oxygen atoms in total. The van der Waals surface area contributed by atoms with Crippen LogP contribution in [-0.4, -0.2) is 92.0 Å². The Hall–Kier alpha value is -1.97. The molecular formula is C28H42N4O4S. The molecule has 4 aliphatic rings. The van der Waals surface area contributed by atoms with Crippen molar-refractivity contribution in [3.63, 3.8) is 0 Å². The summed E-state index contributed by atoms with van der Waals surface area (Å²) in [6, 6.07) is 6.96. The van der Waals surface area contributed by atoms with E-state index in [1.807, 2.05) is 17.0 Å². The first-order valence-electron chi connectivity index (χ1n) is 13.9. The van der Waals surface area contributed by atoms with Gasteiger partial charge in [0.25, 0.3) is 0 Å². The maximum atomic E-state index is 13.4. The lowest BCUT2D eigenvalue weighted by Gasteiger charge is -2.41. The summed E-state index contributed by atoms with van der Waals surface area (Å²) in [7, 11) is -1.03. The minimum Gasteiger partial charge on any atom is -0.348 e. The standard InChI is InChI=1S/C28H42N4O4S/c1-30(18-21-6-4-3-5-7-21)23-16-25-27(34)29-28(17-26(33)32(25)20-23)12-14-31(15-13-28)19-22-8-10-24(11-9-22)37(2,35)36/h8-11,21,23,25H,3-7,12-20H2,1-2H3,(H,29,34)/t23-,25-/m0/s1. The van der Waals surface area contributed by atoms with Gasteiger partial charge in [-0.25, -0.2) is 8.42 Å². The molecule has 37 heavy (non-hydrogen) atoms. The van der Waals surface area contributed by atoms with E-state index in [0.29, 0.717) is 17.9 Å². The average Bonchev–Trinajstić information content (AvgIpc) is 3.29. The summed E-state index contributed by atoms with van der Waals surface area (Å²) in [4.78, 5) is 33.7. The zero-order chi connectivity index (χ0) is 26.2. The van der Waals surface area contributed by atoms with Crippen LogP contribution in [0.25, 0.3) is 0 Å². The second-order valence-electron chi connectivity index (χ2n) is 12.0. The molecule has 9 heteroatoms. The van der Waals surface area contributed by atoms with Crippen LogP contribution in [0.1, 0.15) is 63.4 Å². The van der Waals surface area contributed by atoms with Gasteiger partial charge in [-0.2, -0.15) is 0 Å². The van der Waals surface area contributed by atoms with Gasteiger partial charge in [-0.3, -0.25) is 14.5 Å². The summed E-state index contributed by atoms with van der Waals surface area (Å²) < 4.78 is 23.4. The maximum absolute atomic E-state index is 13.4. The second-order valence-corrected chi connectivity index (χ2v) is 14.0. The molecule has 1 spiro atoms. The third-order valence-electron chi connectivity index (χ3n) is 9.25. The first-order chi connectivity index (χ1) is 17.6. The number of fused-ring (bicyclic) bond motifs is 1. The molecule has 1 N–H and O–H groups in total. The molecule has 1 aromatic carbocycles. The summed E-state index contributed by atoms with van der Waals surface area (Å²) >= 11 is 0. The van der Waals surface area contributed by atoms with Crippen molar-refractivity contribution in [3.05, 3.63) is 29.8 Å². The van der Waals surface area contributed by atoms with Crippen molar-refractivity contribution in [2.75, 3.05) is 39.5 Å². The zero-order valence-electron chi connectivity index (χ0n) is 22.3. The van der Waals surface area contributed by atoms with Gasteiger partial charge in [-0.1, -0.05) is 31.4 Å². The van der Waals surface area contributed by atoms with Crippen molar-refractivity contribution >= 4 is 21.7 Å². The van der Waals surface area contributed by atoms with Crippen LogP contribution in [0, 0.1) is 5.92 Å². The molecule has 5 rings (SSSR count). The van der Waals surface area contributed by atoms with Crippen LogP contribution in [0.3, 0.4) is 0 Å². The highest BCUT2D eigenvalue weighted by Gasteiger charge is 2.49. The fraction of sp³-hybridized carbons (Fsp3) is 0.714. The fourth-order valence-corrected chi connectivity index (χ4v) is 7.53. The molecule has 0 bridgehead atoms. The fourth-order valence-electron chi connectivity index (χ4n) is 6.90. The van der Waals surface area contributed by atoms with Crippen LogP contribution >= 0.6 is 0 Å². The van der Waals surface area contributed by atoms with Crippen molar-refractivity contribution in [1.29, 1.82) is 0 Å². The Morgan fingerprint density at radius 3 is 2.38 bits per heavy atom. The largest absolute Gasteiger partial charge is 0.348 e. The normalized spacial score (nSPS) is 27.4. The van der Waals surface area contributed by atoms with Gasteiger partial charge in [-0.05, 0) is 62.8 Å². The molecule has 4 fully saturated rings. The quantitative estimate of drug-likeness (QED) is 0.608. The van der Waals surface area contributed by atoms with E-state index in [1.165, 1.54) is 38.4 Å². The van der Waals surface area contributed by atoms with Crippen LogP contribution in [-0.2, 0) is 26.0 Å². The van der Waals surface area contributed by atoms with Gasteiger partial charge in [0.15, 0.2) is 9.84 Å². The topological polar surface area (TPSA) is 90.0 Å². The Labute approximate surface area is 221 Å². The number of benzene rings is 1. The first-order valence-corrected chi connectivity index (χ1v) is 15.8. The van der Waals surface area contributed by atoms with E-state index >= 15 is 0 Å². The number of rotatable bonds is 6. The minimum absolute atomic E-state index is 0.0178. The molecule has 2 amide bonds. The van der Waals surface area contributed by atoms with E-state index in [-0.39, 0.29) is 23.9 Å². The number of nitrogens with zero attached hydrogens (tertiary/aromatic N) is 3. The Morgan fingerprint density at radius 1 is 1.05 bits per heavy atom. The van der Waals surface area contributed by atoms with Crippen LogP contribution in [0.2, 0.25) is 0 Å². The van der Waals surface area contributed by atoms with Gasteiger partial charge in [0.1, 0.15) is 6.04 Å². The van der Waals surface area contributed by atoms with Crippen LogP contribution in [0.5, 0.6) is 0 Å². The predicted octanol–water partition coefficient (Wildman–Crippen LogP) is 2.43. The number of carbonyl (C=O) groups excluding carboxylic acids is 2. The first kappa shape index (κ1) is 26.6. The maximum Gasteiger partial charge on any atom is 0.243 e. The van der Waals surface area contributed by atoms with Crippen molar-refractivity contribution < 1.29 is 18.0 Å². The Balaban J connectivity index is 1.16. The van der Waals surface area contributed by atoms with E-state index in [0.717, 1.165) is 56.9 Å². The Bertz CT molecular complexity index is 1060. The number of likely N-dealkylation sites (tertiary alicyclic amines) is 1. The summed E-state index contributed by atoms with van der Waals surface area (Å²) in [5.74, 6) is 0.876. The van der Waals surface area contributed by atoms with Gasteiger partial charge in [-0.15, -0.1) is 0 Å². The molecule has 2 atom stereocenters. The van der Waals surface area contributed by atoms with Crippen LogP contribution in [0.15, 0.2) is 29.2 Å². The van der Waals surface area contributed by atoms with E-state index in [1.54, 1.807) is 12.1 Å². The summed E-state index contributed by atoms with van der Waals surface area (Å²) in [6.45, 7) is 4.03. The van der Waals surface area contributed by atoms with E-state index in [9.17, 15) is 18.0 Å². The lowest BCUT2D eigenvalue weighted by molar-refractivity contribution is -0.135.